The van der Waals surface area contributed by atoms with Gasteiger partial charge in [-0.1, -0.05) is 24.3 Å². The molecule has 2 heterocycles. The molecular formula is C30H30FN3O5. The lowest BCUT2D eigenvalue weighted by atomic mass is 10.00. The van der Waals surface area contributed by atoms with Crippen LogP contribution >= 0.6 is 0 Å². The molecule has 0 spiro atoms. The largest absolute Gasteiger partial charge is 0.493 e. The molecule has 0 aliphatic carbocycles. The summed E-state index contributed by atoms with van der Waals surface area (Å²) in [5.74, 6) is 0.652. The molecule has 3 aromatic carbocycles. The van der Waals surface area contributed by atoms with Gasteiger partial charge in [-0.15, -0.1) is 0 Å². The van der Waals surface area contributed by atoms with Gasteiger partial charge in [-0.2, -0.15) is 0 Å². The maximum atomic E-state index is 15.2. The fraction of sp³-hybridized carbons (Fsp3) is 0.300. The van der Waals surface area contributed by atoms with Crippen LogP contribution in [0.1, 0.15) is 5.56 Å². The Balaban J connectivity index is 1.43. The van der Waals surface area contributed by atoms with Crippen LogP contribution in [0, 0.1) is 5.82 Å². The van der Waals surface area contributed by atoms with Crippen LogP contribution in [0.4, 0.5) is 4.39 Å². The molecule has 8 nitrogen and oxygen atoms in total. The van der Waals surface area contributed by atoms with E-state index in [1.54, 1.807) is 31.4 Å². The number of carbonyl (C=O) groups is 1. The number of hydrogen-bond acceptors (Lipinski definition) is 7. The predicted octanol–water partition coefficient (Wildman–Crippen LogP) is 4.54. The van der Waals surface area contributed by atoms with E-state index in [2.05, 4.69) is 4.98 Å². The van der Waals surface area contributed by atoms with Gasteiger partial charge in [0.05, 0.1) is 56.3 Å². The lowest BCUT2D eigenvalue weighted by molar-refractivity contribution is -0.134. The second-order valence-corrected chi connectivity index (χ2v) is 9.11. The highest BCUT2D eigenvalue weighted by atomic mass is 19.1. The summed E-state index contributed by atoms with van der Waals surface area (Å²) in [6, 6.07) is 16.2. The van der Waals surface area contributed by atoms with Crippen LogP contribution in [-0.4, -0.2) is 74.5 Å². The Morgan fingerprint density at radius 2 is 1.82 bits per heavy atom. The minimum Gasteiger partial charge on any atom is -0.493 e. The molecule has 0 unspecified atom stereocenters. The molecule has 0 N–H and O–H groups in total. The SMILES string of the molecule is COCCOc1ccc(-c2cnc3cccc(-c4ccc(CC(=O)N5CCOCC5)c(F)c4)c3n2)cc1OC. The van der Waals surface area contributed by atoms with Crippen molar-refractivity contribution >= 4 is 16.9 Å². The Hall–Kier alpha value is -4.08. The first-order valence-corrected chi connectivity index (χ1v) is 12.8. The van der Waals surface area contributed by atoms with Crippen molar-refractivity contribution in [1.29, 1.82) is 0 Å². The molecule has 0 radical (unpaired) electrons. The summed E-state index contributed by atoms with van der Waals surface area (Å²) < 4.78 is 36.8. The van der Waals surface area contributed by atoms with Crippen LogP contribution in [0.25, 0.3) is 33.4 Å². The Kier molecular flexibility index (Phi) is 8.29. The third-order valence-electron chi connectivity index (χ3n) is 6.65. The van der Waals surface area contributed by atoms with Gasteiger partial charge in [0.1, 0.15) is 12.4 Å². The van der Waals surface area contributed by atoms with E-state index in [9.17, 15) is 4.79 Å². The zero-order valence-electron chi connectivity index (χ0n) is 22.0. The molecule has 4 aromatic rings. The average molecular weight is 532 g/mol. The van der Waals surface area contributed by atoms with Crippen molar-refractivity contribution in [2.45, 2.75) is 6.42 Å². The lowest BCUT2D eigenvalue weighted by Crippen LogP contribution is -2.41. The molecule has 1 amide bonds. The molecule has 39 heavy (non-hydrogen) atoms. The number of methoxy groups -OCH3 is 2. The number of hydrogen-bond donors (Lipinski definition) is 0. The van der Waals surface area contributed by atoms with E-state index < -0.39 is 5.82 Å². The van der Waals surface area contributed by atoms with Crippen LogP contribution in [0.3, 0.4) is 0 Å². The highest BCUT2D eigenvalue weighted by molar-refractivity contribution is 5.92. The number of carbonyl (C=O) groups excluding carboxylic acids is 1. The second-order valence-electron chi connectivity index (χ2n) is 9.11. The number of para-hydroxylation sites is 1. The van der Waals surface area contributed by atoms with E-state index in [1.807, 2.05) is 42.5 Å². The number of fused-ring (bicyclic) bond motifs is 1. The summed E-state index contributed by atoms with van der Waals surface area (Å²) in [5, 5.41) is 0. The molecule has 1 aromatic heterocycles. The first-order chi connectivity index (χ1) is 19.1. The second kappa shape index (κ2) is 12.2. The van der Waals surface area contributed by atoms with Crippen molar-refractivity contribution < 1.29 is 28.1 Å². The number of amides is 1. The fourth-order valence-corrected chi connectivity index (χ4v) is 4.53. The molecule has 9 heteroatoms. The maximum absolute atomic E-state index is 15.2. The minimum atomic E-state index is -0.427. The Bertz CT molecular complexity index is 1470. The number of aromatic nitrogens is 2. The monoisotopic (exact) mass is 531 g/mol. The zero-order chi connectivity index (χ0) is 27.2. The summed E-state index contributed by atoms with van der Waals surface area (Å²) in [4.78, 5) is 23.8. The topological polar surface area (TPSA) is 83.0 Å². The van der Waals surface area contributed by atoms with Gasteiger partial charge < -0.3 is 23.8 Å². The smallest absolute Gasteiger partial charge is 0.227 e. The molecule has 0 atom stereocenters. The van der Waals surface area contributed by atoms with Gasteiger partial charge in [0.2, 0.25) is 5.91 Å². The highest BCUT2D eigenvalue weighted by Crippen LogP contribution is 2.34. The Morgan fingerprint density at radius 3 is 2.59 bits per heavy atom. The van der Waals surface area contributed by atoms with Crippen molar-refractivity contribution in [2.24, 2.45) is 0 Å². The summed E-state index contributed by atoms with van der Waals surface area (Å²) in [6.07, 6.45) is 1.71. The number of nitrogens with zero attached hydrogens (tertiary/aromatic N) is 3. The van der Waals surface area contributed by atoms with Crippen molar-refractivity contribution in [2.75, 3.05) is 53.7 Å². The van der Waals surface area contributed by atoms with Crippen molar-refractivity contribution in [3.05, 3.63) is 72.2 Å². The van der Waals surface area contributed by atoms with Gasteiger partial charge in [-0.05, 0) is 41.5 Å². The quantitative estimate of drug-likeness (QED) is 0.293. The van der Waals surface area contributed by atoms with Crippen LogP contribution in [0.15, 0.2) is 60.8 Å². The molecule has 1 aliphatic rings. The average Bonchev–Trinajstić information content (AvgIpc) is 2.98. The molecule has 0 saturated carbocycles. The minimum absolute atomic E-state index is 0.0125. The van der Waals surface area contributed by atoms with E-state index in [-0.39, 0.29) is 12.3 Å². The van der Waals surface area contributed by atoms with Crippen molar-refractivity contribution in [1.82, 2.24) is 14.9 Å². The summed E-state index contributed by atoms with van der Waals surface area (Å²) in [6.45, 7) is 2.96. The fourth-order valence-electron chi connectivity index (χ4n) is 4.53. The molecule has 1 aliphatic heterocycles. The van der Waals surface area contributed by atoms with Crippen LogP contribution in [0.2, 0.25) is 0 Å². The maximum Gasteiger partial charge on any atom is 0.227 e. The highest BCUT2D eigenvalue weighted by Gasteiger charge is 2.19. The number of ether oxygens (including phenoxy) is 4. The third kappa shape index (κ3) is 6.00. The predicted molar refractivity (Wildman–Crippen MR) is 145 cm³/mol. The Morgan fingerprint density at radius 1 is 1.00 bits per heavy atom. The molecule has 1 fully saturated rings. The number of rotatable bonds is 9. The van der Waals surface area contributed by atoms with Gasteiger partial charge in [-0.3, -0.25) is 9.78 Å². The number of halogens is 1. The van der Waals surface area contributed by atoms with Gasteiger partial charge in [0, 0.05) is 31.3 Å². The lowest BCUT2D eigenvalue weighted by Gasteiger charge is -2.27. The summed E-state index contributed by atoms with van der Waals surface area (Å²) >= 11 is 0. The molecule has 5 rings (SSSR count). The summed E-state index contributed by atoms with van der Waals surface area (Å²) in [7, 11) is 3.20. The van der Waals surface area contributed by atoms with E-state index in [1.165, 1.54) is 6.07 Å². The normalized spacial score (nSPS) is 13.5. The molecule has 0 bridgehead atoms. The van der Waals surface area contributed by atoms with E-state index in [4.69, 9.17) is 23.9 Å². The summed E-state index contributed by atoms with van der Waals surface area (Å²) in [5.41, 5.74) is 4.55. The van der Waals surface area contributed by atoms with Crippen LogP contribution in [0.5, 0.6) is 11.5 Å². The van der Waals surface area contributed by atoms with Gasteiger partial charge >= 0.3 is 0 Å². The van der Waals surface area contributed by atoms with Gasteiger partial charge in [0.25, 0.3) is 0 Å². The van der Waals surface area contributed by atoms with Crippen LogP contribution < -0.4 is 9.47 Å². The van der Waals surface area contributed by atoms with E-state index >= 15 is 4.39 Å². The zero-order valence-corrected chi connectivity index (χ0v) is 22.0. The van der Waals surface area contributed by atoms with Crippen molar-refractivity contribution in [3.63, 3.8) is 0 Å². The number of benzene rings is 3. The van der Waals surface area contributed by atoms with Gasteiger partial charge in [-0.25, -0.2) is 9.37 Å². The van der Waals surface area contributed by atoms with E-state index in [0.717, 1.165) is 11.1 Å². The third-order valence-corrected chi connectivity index (χ3v) is 6.65. The van der Waals surface area contributed by atoms with Crippen molar-refractivity contribution in [3.8, 4) is 33.9 Å². The molecule has 202 valence electrons. The standard InChI is InChI=1S/C30H30FN3O5/c1-36-14-15-39-27-9-8-22(17-28(27)37-2)26-19-32-25-5-3-4-23(30(25)33-26)20-6-7-21(24(31)16-20)18-29(35)34-10-12-38-13-11-34/h3-9,16-17,19H,10-15,18H2,1-2H3. The van der Waals surface area contributed by atoms with Crippen LogP contribution in [-0.2, 0) is 20.7 Å². The first kappa shape index (κ1) is 26.5. The number of morpholine rings is 1. The Labute approximate surface area is 226 Å². The first-order valence-electron chi connectivity index (χ1n) is 12.8. The molecular weight excluding hydrogens is 501 g/mol. The van der Waals surface area contributed by atoms with Gasteiger partial charge in [0.15, 0.2) is 11.5 Å². The molecule has 1 saturated heterocycles. The van der Waals surface area contributed by atoms with E-state index in [0.29, 0.717) is 78.9 Å².